The Labute approximate surface area is 141 Å². The van der Waals surface area contributed by atoms with Crippen LogP contribution in [-0.4, -0.2) is 37.0 Å². The summed E-state index contributed by atoms with van der Waals surface area (Å²) in [5.41, 5.74) is 0.250. The Bertz CT molecular complexity index is 531. The van der Waals surface area contributed by atoms with Gasteiger partial charge in [0.2, 0.25) is 5.91 Å². The first-order chi connectivity index (χ1) is 10.6. The Hall–Kier alpha value is -1.20. The van der Waals surface area contributed by atoms with E-state index in [1.54, 1.807) is 4.90 Å². The van der Waals surface area contributed by atoms with Crippen LogP contribution in [0.4, 0.5) is 8.78 Å². The molecular formula is C17H23ClF2N2O. The summed E-state index contributed by atoms with van der Waals surface area (Å²) in [6.45, 7) is 3.51. The van der Waals surface area contributed by atoms with E-state index in [0.29, 0.717) is 18.5 Å². The molecule has 23 heavy (non-hydrogen) atoms. The molecule has 2 heterocycles. The third-order valence-electron chi connectivity index (χ3n) is 5.23. The van der Waals surface area contributed by atoms with Crippen molar-refractivity contribution in [2.24, 2.45) is 5.41 Å². The lowest BCUT2D eigenvalue weighted by Crippen LogP contribution is -2.47. The quantitative estimate of drug-likeness (QED) is 0.894. The van der Waals surface area contributed by atoms with Gasteiger partial charge in [-0.25, -0.2) is 8.78 Å². The second kappa shape index (κ2) is 7.58. The lowest BCUT2D eigenvalue weighted by atomic mass is 9.71. The number of piperidine rings is 2. The third-order valence-corrected chi connectivity index (χ3v) is 5.23. The smallest absolute Gasteiger partial charge is 0.227 e. The van der Waals surface area contributed by atoms with Crippen molar-refractivity contribution in [3.63, 3.8) is 0 Å². The summed E-state index contributed by atoms with van der Waals surface area (Å²) >= 11 is 0. The summed E-state index contributed by atoms with van der Waals surface area (Å²) in [4.78, 5) is 14.1. The molecule has 2 aliphatic rings. The minimum Gasteiger partial charge on any atom is -0.342 e. The number of hydrogen-bond acceptors (Lipinski definition) is 2. The number of nitrogens with zero attached hydrogens (tertiary/aromatic N) is 1. The average molecular weight is 345 g/mol. The number of carbonyl (C=O) groups excluding carboxylic acids is 1. The van der Waals surface area contributed by atoms with Crippen LogP contribution < -0.4 is 5.32 Å². The van der Waals surface area contributed by atoms with Crippen LogP contribution in [0.3, 0.4) is 0 Å². The SMILES string of the molecule is Cl.O=C(Cc1c(F)cccc1F)N1CCC2(CCNCC2)CC1. The molecule has 3 rings (SSSR count). The molecule has 0 aromatic heterocycles. The minimum atomic E-state index is -0.639. The largest absolute Gasteiger partial charge is 0.342 e. The van der Waals surface area contributed by atoms with E-state index < -0.39 is 11.6 Å². The monoisotopic (exact) mass is 344 g/mol. The molecule has 2 aliphatic heterocycles. The van der Waals surface area contributed by atoms with Crippen LogP contribution in [0.5, 0.6) is 0 Å². The molecule has 3 nitrogen and oxygen atoms in total. The highest BCUT2D eigenvalue weighted by Crippen LogP contribution is 2.39. The van der Waals surface area contributed by atoms with Gasteiger partial charge in [0.05, 0.1) is 6.42 Å². The summed E-state index contributed by atoms with van der Waals surface area (Å²) in [7, 11) is 0. The van der Waals surface area contributed by atoms with Gasteiger partial charge in [0.1, 0.15) is 11.6 Å². The number of hydrogen-bond donors (Lipinski definition) is 1. The molecule has 0 atom stereocenters. The first-order valence-corrected chi connectivity index (χ1v) is 8.01. The maximum absolute atomic E-state index is 13.6. The Kier molecular flexibility index (Phi) is 5.98. The number of likely N-dealkylation sites (tertiary alicyclic amines) is 1. The molecule has 2 saturated heterocycles. The van der Waals surface area contributed by atoms with Crippen LogP contribution in [0.1, 0.15) is 31.2 Å². The summed E-state index contributed by atoms with van der Waals surface area (Å²) in [6, 6.07) is 3.72. The standard InChI is InChI=1S/C17H22F2N2O.ClH/c18-14-2-1-3-15(19)13(14)12-16(22)21-10-6-17(7-11-21)4-8-20-9-5-17;/h1-3,20H,4-12H2;1H. The molecule has 128 valence electrons. The fraction of sp³-hybridized carbons (Fsp3) is 0.588. The normalized spacial score (nSPS) is 20.2. The van der Waals surface area contributed by atoms with Crippen molar-refractivity contribution < 1.29 is 13.6 Å². The predicted octanol–water partition coefficient (Wildman–Crippen LogP) is 2.92. The van der Waals surface area contributed by atoms with Crippen LogP contribution >= 0.6 is 12.4 Å². The lowest BCUT2D eigenvalue weighted by molar-refractivity contribution is -0.133. The molecule has 1 aromatic carbocycles. The van der Waals surface area contributed by atoms with E-state index in [1.807, 2.05) is 0 Å². The molecular weight excluding hydrogens is 322 g/mol. The van der Waals surface area contributed by atoms with Crippen LogP contribution in [0.2, 0.25) is 0 Å². The van der Waals surface area contributed by atoms with Gasteiger partial charge in [-0.2, -0.15) is 0 Å². The van der Waals surface area contributed by atoms with Gasteiger partial charge < -0.3 is 10.2 Å². The lowest BCUT2D eigenvalue weighted by Gasteiger charge is -2.44. The van der Waals surface area contributed by atoms with Gasteiger partial charge in [-0.15, -0.1) is 12.4 Å². The molecule has 0 aliphatic carbocycles. The zero-order chi connectivity index (χ0) is 15.6. The van der Waals surface area contributed by atoms with Gasteiger partial charge in [0.25, 0.3) is 0 Å². The molecule has 1 amide bonds. The van der Waals surface area contributed by atoms with Crippen LogP contribution in [0.25, 0.3) is 0 Å². The second-order valence-corrected chi connectivity index (χ2v) is 6.51. The summed E-state index contributed by atoms with van der Waals surface area (Å²) in [6.07, 6.45) is 4.14. The number of halogens is 3. The zero-order valence-electron chi connectivity index (χ0n) is 13.1. The summed E-state index contributed by atoms with van der Waals surface area (Å²) < 4.78 is 27.3. The van der Waals surface area contributed by atoms with E-state index in [-0.39, 0.29) is 30.3 Å². The van der Waals surface area contributed by atoms with Gasteiger partial charge in [0, 0.05) is 18.7 Å². The topological polar surface area (TPSA) is 32.3 Å². The highest BCUT2D eigenvalue weighted by molar-refractivity contribution is 5.85. The summed E-state index contributed by atoms with van der Waals surface area (Å²) in [5.74, 6) is -1.45. The van der Waals surface area contributed by atoms with Crippen molar-refractivity contribution >= 4 is 18.3 Å². The van der Waals surface area contributed by atoms with Gasteiger partial charge in [-0.1, -0.05) is 6.07 Å². The molecule has 0 unspecified atom stereocenters. The average Bonchev–Trinajstić information content (AvgIpc) is 2.52. The number of carbonyl (C=O) groups is 1. The van der Waals surface area contributed by atoms with Crippen molar-refractivity contribution in [3.05, 3.63) is 35.4 Å². The molecule has 2 fully saturated rings. The molecule has 1 spiro atoms. The molecule has 0 bridgehead atoms. The van der Waals surface area contributed by atoms with E-state index in [2.05, 4.69) is 5.32 Å². The van der Waals surface area contributed by atoms with Gasteiger partial charge in [-0.05, 0) is 56.3 Å². The Morgan fingerprint density at radius 1 is 1.09 bits per heavy atom. The van der Waals surface area contributed by atoms with Crippen molar-refractivity contribution in [1.82, 2.24) is 10.2 Å². The Balaban J connectivity index is 0.00000192. The number of benzene rings is 1. The summed E-state index contributed by atoms with van der Waals surface area (Å²) in [5, 5.41) is 3.37. The Morgan fingerprint density at radius 3 is 2.22 bits per heavy atom. The van der Waals surface area contributed by atoms with Gasteiger partial charge in [0.15, 0.2) is 0 Å². The van der Waals surface area contributed by atoms with E-state index in [0.717, 1.165) is 38.8 Å². The van der Waals surface area contributed by atoms with Crippen LogP contribution in [-0.2, 0) is 11.2 Å². The fourth-order valence-corrected chi connectivity index (χ4v) is 3.65. The Morgan fingerprint density at radius 2 is 1.65 bits per heavy atom. The molecule has 1 aromatic rings. The van der Waals surface area contributed by atoms with Crippen LogP contribution in [0.15, 0.2) is 18.2 Å². The van der Waals surface area contributed by atoms with Crippen molar-refractivity contribution in [3.8, 4) is 0 Å². The van der Waals surface area contributed by atoms with Crippen molar-refractivity contribution in [2.45, 2.75) is 32.1 Å². The van der Waals surface area contributed by atoms with E-state index in [4.69, 9.17) is 0 Å². The fourth-order valence-electron chi connectivity index (χ4n) is 3.65. The number of rotatable bonds is 2. The number of nitrogens with one attached hydrogen (secondary N) is 1. The molecule has 0 radical (unpaired) electrons. The van der Waals surface area contributed by atoms with E-state index in [1.165, 1.54) is 18.2 Å². The van der Waals surface area contributed by atoms with E-state index in [9.17, 15) is 13.6 Å². The second-order valence-electron chi connectivity index (χ2n) is 6.51. The van der Waals surface area contributed by atoms with Gasteiger partial charge in [-0.3, -0.25) is 4.79 Å². The highest BCUT2D eigenvalue weighted by atomic mass is 35.5. The number of amides is 1. The molecule has 1 N–H and O–H groups in total. The van der Waals surface area contributed by atoms with E-state index >= 15 is 0 Å². The van der Waals surface area contributed by atoms with Crippen LogP contribution in [0, 0.1) is 17.0 Å². The first kappa shape index (κ1) is 18.1. The maximum atomic E-state index is 13.6. The maximum Gasteiger partial charge on any atom is 0.227 e. The first-order valence-electron chi connectivity index (χ1n) is 8.01. The third kappa shape index (κ3) is 4.01. The van der Waals surface area contributed by atoms with Crippen molar-refractivity contribution in [2.75, 3.05) is 26.2 Å². The van der Waals surface area contributed by atoms with Gasteiger partial charge >= 0.3 is 0 Å². The minimum absolute atomic E-state index is 0. The predicted molar refractivity (Wildman–Crippen MR) is 87.7 cm³/mol. The van der Waals surface area contributed by atoms with Crippen molar-refractivity contribution in [1.29, 1.82) is 0 Å². The molecule has 6 heteroatoms. The molecule has 0 saturated carbocycles. The zero-order valence-corrected chi connectivity index (χ0v) is 13.9. The highest BCUT2D eigenvalue weighted by Gasteiger charge is 2.36.